The van der Waals surface area contributed by atoms with E-state index >= 15 is 0 Å². The Kier molecular flexibility index (Phi) is 2.38. The van der Waals surface area contributed by atoms with Crippen molar-refractivity contribution in [2.24, 2.45) is 0 Å². The van der Waals surface area contributed by atoms with Gasteiger partial charge in [-0.15, -0.1) is 0 Å². The van der Waals surface area contributed by atoms with E-state index in [1.807, 2.05) is 0 Å². The van der Waals surface area contributed by atoms with E-state index in [4.69, 9.17) is 0 Å². The molecule has 0 aliphatic carbocycles. The molecular formula is C7H5NO2S. The highest BCUT2D eigenvalue weighted by molar-refractivity contribution is 7.97. The van der Waals surface area contributed by atoms with Crippen LogP contribution in [0.25, 0.3) is 0 Å². The Morgan fingerprint density at radius 1 is 1.55 bits per heavy atom. The molecule has 0 amide bonds. The zero-order valence-electron chi connectivity index (χ0n) is 5.52. The zero-order chi connectivity index (χ0) is 8.27. The van der Waals surface area contributed by atoms with Crippen molar-refractivity contribution in [1.82, 2.24) is 4.98 Å². The maximum Gasteiger partial charge on any atom is 0.234 e. The van der Waals surface area contributed by atoms with Gasteiger partial charge >= 0.3 is 0 Å². The summed E-state index contributed by atoms with van der Waals surface area (Å²) in [6, 6.07) is 4.61. The Morgan fingerprint density at radius 3 is 2.82 bits per heavy atom. The van der Waals surface area contributed by atoms with E-state index in [9.17, 15) is 9.59 Å². The fraction of sp³-hybridized carbons (Fsp3) is 0. The third-order valence-corrected chi connectivity index (χ3v) is 1.34. The maximum atomic E-state index is 10.6. The average molecular weight is 167 g/mol. The highest BCUT2D eigenvalue weighted by atomic mass is 32.1. The number of rotatable bonds is 2. The van der Waals surface area contributed by atoms with Crippen LogP contribution in [0.15, 0.2) is 18.2 Å². The minimum atomic E-state index is -0.436. The van der Waals surface area contributed by atoms with Gasteiger partial charge in [0.2, 0.25) is 5.12 Å². The highest BCUT2D eigenvalue weighted by Crippen LogP contribution is 2.00. The summed E-state index contributed by atoms with van der Waals surface area (Å²) in [5.41, 5.74) is 0.433. The van der Waals surface area contributed by atoms with Crippen LogP contribution in [0.1, 0.15) is 21.0 Å². The quantitative estimate of drug-likeness (QED) is 0.527. The van der Waals surface area contributed by atoms with Crippen molar-refractivity contribution >= 4 is 24.0 Å². The molecule has 1 aromatic heterocycles. The molecule has 0 saturated heterocycles. The highest BCUT2D eigenvalue weighted by Gasteiger charge is 2.01. The maximum absolute atomic E-state index is 10.6. The minimum Gasteiger partial charge on any atom is -0.296 e. The molecule has 0 N–H and O–H groups in total. The van der Waals surface area contributed by atoms with Crippen molar-refractivity contribution in [1.29, 1.82) is 0 Å². The van der Waals surface area contributed by atoms with Crippen LogP contribution in [0.4, 0.5) is 0 Å². The molecule has 0 unspecified atom stereocenters. The van der Waals surface area contributed by atoms with Crippen LogP contribution in [0, 0.1) is 0 Å². The van der Waals surface area contributed by atoms with Crippen LogP contribution in [-0.4, -0.2) is 16.4 Å². The summed E-state index contributed by atoms with van der Waals surface area (Å²) in [5, 5.41) is -0.436. The van der Waals surface area contributed by atoms with E-state index in [2.05, 4.69) is 17.6 Å². The average Bonchev–Trinajstić information content (AvgIpc) is 2.05. The van der Waals surface area contributed by atoms with Gasteiger partial charge in [-0.1, -0.05) is 18.7 Å². The minimum absolute atomic E-state index is 0.193. The van der Waals surface area contributed by atoms with Gasteiger partial charge in [0.25, 0.3) is 0 Å². The summed E-state index contributed by atoms with van der Waals surface area (Å²) in [6.45, 7) is 0. The molecule has 0 aliphatic heterocycles. The Morgan fingerprint density at radius 2 is 2.27 bits per heavy atom. The number of carbonyl (C=O) groups excluding carboxylic acids is 2. The van der Waals surface area contributed by atoms with Gasteiger partial charge in [0, 0.05) is 0 Å². The number of aldehydes is 1. The van der Waals surface area contributed by atoms with E-state index in [0.29, 0.717) is 6.29 Å². The second kappa shape index (κ2) is 3.30. The summed E-state index contributed by atoms with van der Waals surface area (Å²) in [4.78, 5) is 24.5. The van der Waals surface area contributed by atoms with E-state index in [1.165, 1.54) is 12.1 Å². The summed E-state index contributed by atoms with van der Waals surface area (Å²) in [7, 11) is 0. The van der Waals surface area contributed by atoms with Gasteiger partial charge in [-0.3, -0.25) is 9.59 Å². The molecule has 1 heterocycles. The first-order valence-corrected chi connectivity index (χ1v) is 3.34. The van der Waals surface area contributed by atoms with Crippen LogP contribution in [0.2, 0.25) is 0 Å². The predicted molar refractivity (Wildman–Crippen MR) is 42.9 cm³/mol. The second-order valence-electron chi connectivity index (χ2n) is 1.87. The van der Waals surface area contributed by atoms with Crippen LogP contribution < -0.4 is 0 Å². The van der Waals surface area contributed by atoms with Gasteiger partial charge in [-0.25, -0.2) is 4.98 Å². The van der Waals surface area contributed by atoms with Gasteiger partial charge in [0.15, 0.2) is 6.29 Å². The lowest BCUT2D eigenvalue weighted by atomic mass is 10.3. The number of thiol groups is 1. The predicted octanol–water partition coefficient (Wildman–Crippen LogP) is 0.964. The third kappa shape index (κ3) is 1.88. The van der Waals surface area contributed by atoms with E-state index < -0.39 is 5.12 Å². The lowest BCUT2D eigenvalue weighted by Crippen LogP contribution is -1.96. The van der Waals surface area contributed by atoms with Crippen LogP contribution in [-0.2, 0) is 0 Å². The molecule has 0 saturated carbocycles. The first kappa shape index (κ1) is 7.94. The van der Waals surface area contributed by atoms with Gasteiger partial charge in [0.1, 0.15) is 11.4 Å². The molecule has 0 radical (unpaired) electrons. The molecule has 0 bridgehead atoms. The smallest absolute Gasteiger partial charge is 0.234 e. The second-order valence-corrected chi connectivity index (χ2v) is 2.28. The molecular weight excluding hydrogens is 162 g/mol. The molecule has 11 heavy (non-hydrogen) atoms. The number of hydrogen-bond donors (Lipinski definition) is 1. The van der Waals surface area contributed by atoms with Crippen molar-refractivity contribution in [3.8, 4) is 0 Å². The number of nitrogens with zero attached hydrogens (tertiary/aromatic N) is 1. The lowest BCUT2D eigenvalue weighted by molar-refractivity contribution is 0.108. The largest absolute Gasteiger partial charge is 0.296 e. The summed E-state index contributed by atoms with van der Waals surface area (Å²) < 4.78 is 0. The molecule has 1 rings (SSSR count). The van der Waals surface area contributed by atoms with Crippen LogP contribution >= 0.6 is 12.6 Å². The van der Waals surface area contributed by atoms with Gasteiger partial charge in [0.05, 0.1) is 0 Å². The van der Waals surface area contributed by atoms with Crippen molar-refractivity contribution in [2.75, 3.05) is 0 Å². The topological polar surface area (TPSA) is 47.0 Å². The molecule has 3 nitrogen and oxygen atoms in total. The molecule has 0 aromatic carbocycles. The number of pyridine rings is 1. The van der Waals surface area contributed by atoms with Gasteiger partial charge < -0.3 is 0 Å². The lowest BCUT2D eigenvalue weighted by Gasteiger charge is -1.92. The third-order valence-electron chi connectivity index (χ3n) is 1.11. The van der Waals surface area contributed by atoms with Crippen molar-refractivity contribution in [3.63, 3.8) is 0 Å². The Hall–Kier alpha value is -1.16. The van der Waals surface area contributed by atoms with Crippen LogP contribution in [0.5, 0.6) is 0 Å². The van der Waals surface area contributed by atoms with Gasteiger partial charge in [-0.2, -0.15) is 0 Å². The SMILES string of the molecule is O=Cc1cccc(C(=O)S)n1. The monoisotopic (exact) mass is 167 g/mol. The summed E-state index contributed by atoms with van der Waals surface area (Å²) >= 11 is 3.56. The van der Waals surface area contributed by atoms with Crippen molar-refractivity contribution in [2.45, 2.75) is 0 Å². The first-order valence-electron chi connectivity index (χ1n) is 2.89. The van der Waals surface area contributed by atoms with E-state index in [-0.39, 0.29) is 11.4 Å². The fourth-order valence-corrected chi connectivity index (χ4v) is 0.761. The molecule has 0 aliphatic rings. The number of carbonyl (C=O) groups is 2. The Bertz CT molecular complexity index is 298. The zero-order valence-corrected chi connectivity index (χ0v) is 6.41. The molecule has 4 heteroatoms. The Labute approximate surface area is 68.9 Å². The fourth-order valence-electron chi connectivity index (χ4n) is 0.636. The molecule has 1 aromatic rings. The standard InChI is InChI=1S/C7H5NO2S/c9-4-5-2-1-3-6(8-5)7(10)11/h1-4H,(H,10,11). The number of aromatic nitrogens is 1. The van der Waals surface area contributed by atoms with E-state index in [1.54, 1.807) is 6.07 Å². The molecule has 0 atom stereocenters. The number of hydrogen-bond acceptors (Lipinski definition) is 3. The molecule has 0 fully saturated rings. The van der Waals surface area contributed by atoms with Crippen molar-refractivity contribution in [3.05, 3.63) is 29.6 Å². The van der Waals surface area contributed by atoms with Crippen LogP contribution in [0.3, 0.4) is 0 Å². The van der Waals surface area contributed by atoms with E-state index in [0.717, 1.165) is 0 Å². The summed E-state index contributed by atoms with van der Waals surface area (Å²) in [5.74, 6) is 0. The normalized spacial score (nSPS) is 9.18. The molecule has 0 spiro atoms. The Balaban J connectivity index is 3.10. The van der Waals surface area contributed by atoms with Gasteiger partial charge in [-0.05, 0) is 12.1 Å². The first-order chi connectivity index (χ1) is 5.24. The summed E-state index contributed by atoms with van der Waals surface area (Å²) in [6.07, 6.45) is 0.584. The molecule has 56 valence electrons. The van der Waals surface area contributed by atoms with Crippen molar-refractivity contribution < 1.29 is 9.59 Å².